The summed E-state index contributed by atoms with van der Waals surface area (Å²) in [6, 6.07) is 13.8. The van der Waals surface area contributed by atoms with Crippen molar-refractivity contribution in [3.05, 3.63) is 71.6 Å². The Kier molecular flexibility index (Phi) is 5.72. The first-order valence-electron chi connectivity index (χ1n) is 7.11. The highest BCUT2D eigenvalue weighted by molar-refractivity contribution is 5.91. The van der Waals surface area contributed by atoms with E-state index in [1.807, 2.05) is 31.2 Å². The van der Waals surface area contributed by atoms with Crippen molar-refractivity contribution < 1.29 is 13.9 Å². The molecule has 4 heteroatoms. The van der Waals surface area contributed by atoms with Crippen LogP contribution in [-0.2, 0) is 11.3 Å². The molecule has 0 saturated carbocycles. The first-order valence-corrected chi connectivity index (χ1v) is 7.11. The Balaban J connectivity index is 1.87. The van der Waals surface area contributed by atoms with E-state index >= 15 is 0 Å². The second-order valence-electron chi connectivity index (χ2n) is 4.64. The third kappa shape index (κ3) is 4.74. The molecule has 1 N–H and O–H groups in total. The van der Waals surface area contributed by atoms with Gasteiger partial charge in [-0.05, 0) is 36.8 Å². The molecule has 3 nitrogen and oxygen atoms in total. The fourth-order valence-corrected chi connectivity index (χ4v) is 1.90. The van der Waals surface area contributed by atoms with Gasteiger partial charge in [0.1, 0.15) is 11.6 Å². The zero-order valence-corrected chi connectivity index (χ0v) is 12.4. The monoisotopic (exact) mass is 299 g/mol. The van der Waals surface area contributed by atoms with Crippen LogP contribution in [-0.4, -0.2) is 12.5 Å². The van der Waals surface area contributed by atoms with Gasteiger partial charge in [-0.3, -0.25) is 4.79 Å². The molecule has 0 aliphatic rings. The van der Waals surface area contributed by atoms with Gasteiger partial charge in [-0.1, -0.05) is 30.3 Å². The van der Waals surface area contributed by atoms with E-state index in [2.05, 4.69) is 5.32 Å². The van der Waals surface area contributed by atoms with E-state index in [1.54, 1.807) is 24.3 Å². The molecule has 0 aromatic heterocycles. The van der Waals surface area contributed by atoms with Crippen molar-refractivity contribution >= 4 is 12.0 Å². The predicted octanol–water partition coefficient (Wildman–Crippen LogP) is 3.55. The summed E-state index contributed by atoms with van der Waals surface area (Å²) in [5.41, 5.74) is 1.36. The van der Waals surface area contributed by atoms with Crippen molar-refractivity contribution in [2.24, 2.45) is 0 Å². The lowest BCUT2D eigenvalue weighted by Crippen LogP contribution is -2.20. The number of carbonyl (C=O) groups is 1. The lowest BCUT2D eigenvalue weighted by Gasteiger charge is -2.04. The van der Waals surface area contributed by atoms with Gasteiger partial charge in [-0.2, -0.15) is 0 Å². The lowest BCUT2D eigenvalue weighted by atomic mass is 10.2. The average molecular weight is 299 g/mol. The van der Waals surface area contributed by atoms with Crippen LogP contribution in [0.15, 0.2) is 54.6 Å². The van der Waals surface area contributed by atoms with Crippen LogP contribution < -0.4 is 10.1 Å². The van der Waals surface area contributed by atoms with Crippen LogP contribution in [0.1, 0.15) is 18.1 Å². The minimum Gasteiger partial charge on any atom is -0.494 e. The molecular weight excluding hydrogens is 281 g/mol. The van der Waals surface area contributed by atoms with E-state index in [4.69, 9.17) is 4.74 Å². The number of carbonyl (C=O) groups excluding carboxylic acids is 1. The maximum Gasteiger partial charge on any atom is 0.244 e. The Morgan fingerprint density at radius 3 is 2.59 bits per heavy atom. The first kappa shape index (κ1) is 15.8. The maximum atomic E-state index is 13.4. The fraction of sp³-hybridized carbons (Fsp3) is 0.167. The molecule has 0 aliphatic heterocycles. The molecule has 0 unspecified atom stereocenters. The van der Waals surface area contributed by atoms with Crippen LogP contribution in [0.4, 0.5) is 4.39 Å². The predicted molar refractivity (Wildman–Crippen MR) is 84.9 cm³/mol. The largest absolute Gasteiger partial charge is 0.494 e. The second kappa shape index (κ2) is 7.98. The maximum absolute atomic E-state index is 13.4. The Bertz CT molecular complexity index is 650. The SMILES string of the molecule is CCOc1ccc(/C=C/C(=O)NCc2ccccc2F)cc1. The van der Waals surface area contributed by atoms with Gasteiger partial charge in [-0.15, -0.1) is 0 Å². The molecule has 2 aromatic carbocycles. The zero-order chi connectivity index (χ0) is 15.8. The van der Waals surface area contributed by atoms with Gasteiger partial charge in [0.15, 0.2) is 0 Å². The van der Waals surface area contributed by atoms with Crippen molar-refractivity contribution in [1.82, 2.24) is 5.32 Å². The van der Waals surface area contributed by atoms with Crippen molar-refractivity contribution in [2.45, 2.75) is 13.5 Å². The van der Waals surface area contributed by atoms with Crippen LogP contribution in [0, 0.1) is 5.82 Å². The molecule has 0 atom stereocenters. The number of nitrogens with one attached hydrogen (secondary N) is 1. The highest BCUT2D eigenvalue weighted by Gasteiger charge is 2.01. The van der Waals surface area contributed by atoms with Gasteiger partial charge < -0.3 is 10.1 Å². The van der Waals surface area contributed by atoms with Crippen molar-refractivity contribution in [3.8, 4) is 5.75 Å². The second-order valence-corrected chi connectivity index (χ2v) is 4.64. The van der Waals surface area contributed by atoms with Gasteiger partial charge in [0.05, 0.1) is 6.61 Å². The van der Waals surface area contributed by atoms with Crippen LogP contribution in [0.3, 0.4) is 0 Å². The highest BCUT2D eigenvalue weighted by Crippen LogP contribution is 2.13. The van der Waals surface area contributed by atoms with Gasteiger partial charge in [0, 0.05) is 18.2 Å². The Hall–Kier alpha value is -2.62. The van der Waals surface area contributed by atoms with Crippen LogP contribution in [0.2, 0.25) is 0 Å². The number of halogens is 1. The van der Waals surface area contributed by atoms with Gasteiger partial charge in [0.2, 0.25) is 5.91 Å². The molecule has 114 valence electrons. The summed E-state index contributed by atoms with van der Waals surface area (Å²) >= 11 is 0. The van der Waals surface area contributed by atoms with Crippen LogP contribution in [0.25, 0.3) is 6.08 Å². The molecule has 0 heterocycles. The quantitative estimate of drug-likeness (QED) is 0.828. The minimum atomic E-state index is -0.321. The van der Waals surface area contributed by atoms with Crippen molar-refractivity contribution in [3.63, 3.8) is 0 Å². The molecule has 0 fully saturated rings. The van der Waals surface area contributed by atoms with E-state index in [-0.39, 0.29) is 18.3 Å². The third-order valence-corrected chi connectivity index (χ3v) is 3.03. The van der Waals surface area contributed by atoms with E-state index in [9.17, 15) is 9.18 Å². The smallest absolute Gasteiger partial charge is 0.244 e. The summed E-state index contributed by atoms with van der Waals surface area (Å²) in [7, 11) is 0. The third-order valence-electron chi connectivity index (χ3n) is 3.03. The molecule has 0 spiro atoms. The molecule has 2 rings (SSSR count). The lowest BCUT2D eigenvalue weighted by molar-refractivity contribution is -0.116. The summed E-state index contributed by atoms with van der Waals surface area (Å²) in [6.07, 6.45) is 3.13. The molecule has 0 radical (unpaired) electrons. The summed E-state index contributed by atoms with van der Waals surface area (Å²) in [6.45, 7) is 2.71. The van der Waals surface area contributed by atoms with Gasteiger partial charge >= 0.3 is 0 Å². The average Bonchev–Trinajstić information content (AvgIpc) is 2.54. The molecule has 0 bridgehead atoms. The summed E-state index contributed by atoms with van der Waals surface area (Å²) in [5.74, 6) is 0.207. The topological polar surface area (TPSA) is 38.3 Å². The number of hydrogen-bond acceptors (Lipinski definition) is 2. The van der Waals surface area contributed by atoms with E-state index < -0.39 is 0 Å². The van der Waals surface area contributed by atoms with Gasteiger partial charge in [-0.25, -0.2) is 4.39 Å². The molecule has 2 aromatic rings. The number of rotatable bonds is 6. The van der Waals surface area contributed by atoms with E-state index in [0.717, 1.165) is 11.3 Å². The zero-order valence-electron chi connectivity index (χ0n) is 12.4. The number of ether oxygens (including phenoxy) is 1. The van der Waals surface area contributed by atoms with Crippen molar-refractivity contribution in [2.75, 3.05) is 6.61 Å². The normalized spacial score (nSPS) is 10.6. The fourth-order valence-electron chi connectivity index (χ4n) is 1.90. The first-order chi connectivity index (χ1) is 10.7. The standard InChI is InChI=1S/C18H18FNO2/c1-2-22-16-10-7-14(8-11-16)9-12-18(21)20-13-15-5-3-4-6-17(15)19/h3-12H,2,13H2,1H3,(H,20,21)/b12-9+. The number of benzene rings is 2. The Labute approximate surface area is 129 Å². The van der Waals surface area contributed by atoms with E-state index in [1.165, 1.54) is 12.1 Å². The summed E-state index contributed by atoms with van der Waals surface area (Å²) in [5, 5.41) is 2.65. The van der Waals surface area contributed by atoms with Crippen LogP contribution in [0.5, 0.6) is 5.75 Å². The molecule has 22 heavy (non-hydrogen) atoms. The molecule has 1 amide bonds. The molecular formula is C18H18FNO2. The summed E-state index contributed by atoms with van der Waals surface area (Å²) in [4.78, 5) is 11.7. The highest BCUT2D eigenvalue weighted by atomic mass is 19.1. The van der Waals surface area contributed by atoms with Crippen LogP contribution >= 0.6 is 0 Å². The summed E-state index contributed by atoms with van der Waals surface area (Å²) < 4.78 is 18.8. The van der Waals surface area contributed by atoms with Gasteiger partial charge in [0.25, 0.3) is 0 Å². The van der Waals surface area contributed by atoms with Crippen molar-refractivity contribution in [1.29, 1.82) is 0 Å². The Morgan fingerprint density at radius 1 is 1.18 bits per heavy atom. The molecule has 0 saturated heterocycles. The van der Waals surface area contributed by atoms with E-state index in [0.29, 0.717) is 12.2 Å². The Morgan fingerprint density at radius 2 is 1.91 bits per heavy atom. The number of hydrogen-bond donors (Lipinski definition) is 1. The number of amides is 1. The minimum absolute atomic E-state index is 0.166. The molecule has 0 aliphatic carbocycles.